The van der Waals surface area contributed by atoms with Crippen molar-refractivity contribution in [2.75, 3.05) is 23.7 Å². The fraction of sp³-hybridized carbons (Fsp3) is 0.364. The standard InChI is InChI=1S/C22H26Cl3N3O4S/c1-4-20(22(30)26-5-2)27(13-15-6-11-18(24)19(25)12-15)21(29)14-28(33(3,31)32)17-9-7-16(23)8-10-17/h6-12,20H,4-5,13-14H2,1-3H3,(H,26,30)/t20-/m0/s1. The number of nitrogens with one attached hydrogen (secondary N) is 1. The molecular weight excluding hydrogens is 509 g/mol. The molecule has 0 aliphatic rings. The lowest BCUT2D eigenvalue weighted by Gasteiger charge is -2.32. The van der Waals surface area contributed by atoms with Gasteiger partial charge < -0.3 is 10.2 Å². The van der Waals surface area contributed by atoms with Crippen LogP contribution >= 0.6 is 34.8 Å². The Morgan fingerprint density at radius 1 is 1.00 bits per heavy atom. The van der Waals surface area contributed by atoms with E-state index in [2.05, 4.69) is 5.32 Å². The molecule has 0 unspecified atom stereocenters. The Morgan fingerprint density at radius 2 is 1.64 bits per heavy atom. The number of hydrogen-bond donors (Lipinski definition) is 1. The van der Waals surface area contributed by atoms with Crippen LogP contribution in [0.2, 0.25) is 15.1 Å². The normalized spacial score (nSPS) is 12.2. The molecule has 0 spiro atoms. The number of amides is 2. The third kappa shape index (κ3) is 7.50. The number of hydrogen-bond acceptors (Lipinski definition) is 4. The van der Waals surface area contributed by atoms with E-state index in [1.165, 1.54) is 29.2 Å². The summed E-state index contributed by atoms with van der Waals surface area (Å²) >= 11 is 18.0. The van der Waals surface area contributed by atoms with Gasteiger partial charge in [-0.1, -0.05) is 47.8 Å². The van der Waals surface area contributed by atoms with Gasteiger partial charge in [-0.05, 0) is 55.3 Å². The van der Waals surface area contributed by atoms with Crippen LogP contribution in [0, 0.1) is 0 Å². The molecule has 7 nitrogen and oxygen atoms in total. The number of benzene rings is 2. The van der Waals surface area contributed by atoms with Gasteiger partial charge in [0.15, 0.2) is 0 Å². The molecule has 2 rings (SSSR count). The fourth-order valence-corrected chi connectivity index (χ4v) is 4.56. The number of anilines is 1. The van der Waals surface area contributed by atoms with Crippen molar-refractivity contribution in [2.45, 2.75) is 32.9 Å². The number of carbonyl (C=O) groups is 2. The van der Waals surface area contributed by atoms with Gasteiger partial charge in [0.05, 0.1) is 22.0 Å². The molecule has 0 saturated heterocycles. The zero-order valence-corrected chi connectivity index (χ0v) is 21.6. The zero-order valence-electron chi connectivity index (χ0n) is 18.5. The van der Waals surface area contributed by atoms with Crippen molar-refractivity contribution >= 4 is 62.3 Å². The summed E-state index contributed by atoms with van der Waals surface area (Å²) < 4.78 is 26.0. The van der Waals surface area contributed by atoms with Crippen molar-refractivity contribution in [1.82, 2.24) is 10.2 Å². The number of carbonyl (C=O) groups excluding carboxylic acids is 2. The van der Waals surface area contributed by atoms with Gasteiger partial charge in [0, 0.05) is 18.1 Å². The minimum atomic E-state index is -3.80. The van der Waals surface area contributed by atoms with E-state index in [9.17, 15) is 18.0 Å². The summed E-state index contributed by atoms with van der Waals surface area (Å²) in [7, 11) is -3.80. The van der Waals surface area contributed by atoms with Crippen molar-refractivity contribution in [3.63, 3.8) is 0 Å². The average molecular weight is 535 g/mol. The molecule has 33 heavy (non-hydrogen) atoms. The second-order valence-electron chi connectivity index (χ2n) is 7.33. The van der Waals surface area contributed by atoms with Crippen molar-refractivity contribution in [3.8, 4) is 0 Å². The van der Waals surface area contributed by atoms with Gasteiger partial charge in [-0.3, -0.25) is 13.9 Å². The Labute approximate surface area is 209 Å². The Hall–Kier alpha value is -2.00. The van der Waals surface area contributed by atoms with E-state index in [1.807, 2.05) is 0 Å². The maximum Gasteiger partial charge on any atom is 0.244 e. The van der Waals surface area contributed by atoms with Crippen LogP contribution < -0.4 is 9.62 Å². The van der Waals surface area contributed by atoms with Crippen LogP contribution in [0.15, 0.2) is 42.5 Å². The van der Waals surface area contributed by atoms with Gasteiger partial charge in [-0.2, -0.15) is 0 Å². The molecule has 2 amide bonds. The fourth-order valence-electron chi connectivity index (χ4n) is 3.27. The highest BCUT2D eigenvalue weighted by atomic mass is 35.5. The summed E-state index contributed by atoms with van der Waals surface area (Å²) in [4.78, 5) is 27.5. The molecule has 0 radical (unpaired) electrons. The molecule has 1 N–H and O–H groups in total. The lowest BCUT2D eigenvalue weighted by molar-refractivity contribution is -0.140. The van der Waals surface area contributed by atoms with Crippen LogP contribution in [0.5, 0.6) is 0 Å². The summed E-state index contributed by atoms with van der Waals surface area (Å²) in [6, 6.07) is 10.2. The molecule has 0 heterocycles. The second kappa shape index (κ2) is 11.9. The third-order valence-corrected chi connectivity index (χ3v) is 7.00. The van der Waals surface area contributed by atoms with Gasteiger partial charge in [0.1, 0.15) is 12.6 Å². The predicted octanol–water partition coefficient (Wildman–Crippen LogP) is 4.36. The van der Waals surface area contributed by atoms with E-state index in [0.717, 1.165) is 10.6 Å². The molecule has 0 fully saturated rings. The van der Waals surface area contributed by atoms with Crippen LogP contribution in [0.1, 0.15) is 25.8 Å². The maximum atomic E-state index is 13.5. The number of sulfonamides is 1. The summed E-state index contributed by atoms with van der Waals surface area (Å²) in [6.07, 6.45) is 1.35. The molecule has 11 heteroatoms. The summed E-state index contributed by atoms with van der Waals surface area (Å²) in [5, 5.41) is 3.84. The first-order valence-corrected chi connectivity index (χ1v) is 13.2. The van der Waals surface area contributed by atoms with Crippen molar-refractivity contribution < 1.29 is 18.0 Å². The van der Waals surface area contributed by atoms with E-state index >= 15 is 0 Å². The number of nitrogens with zero attached hydrogens (tertiary/aromatic N) is 2. The van der Waals surface area contributed by atoms with Crippen LogP contribution in [0.25, 0.3) is 0 Å². The molecule has 0 aromatic heterocycles. The van der Waals surface area contributed by atoms with E-state index in [1.54, 1.807) is 32.0 Å². The van der Waals surface area contributed by atoms with Crippen LogP contribution in [0.3, 0.4) is 0 Å². The predicted molar refractivity (Wildman–Crippen MR) is 133 cm³/mol. The first-order chi connectivity index (χ1) is 15.5. The molecule has 2 aromatic rings. The lowest BCUT2D eigenvalue weighted by atomic mass is 10.1. The Kier molecular flexibility index (Phi) is 9.84. The second-order valence-corrected chi connectivity index (χ2v) is 10.5. The van der Waals surface area contributed by atoms with Gasteiger partial charge in [-0.25, -0.2) is 8.42 Å². The maximum absolute atomic E-state index is 13.5. The molecule has 0 aliphatic heterocycles. The van der Waals surface area contributed by atoms with Gasteiger partial charge in [0.25, 0.3) is 0 Å². The quantitative estimate of drug-likeness (QED) is 0.491. The number of rotatable bonds is 10. The number of likely N-dealkylation sites (N-methyl/N-ethyl adjacent to an activating group) is 1. The van der Waals surface area contributed by atoms with Crippen molar-refractivity contribution in [1.29, 1.82) is 0 Å². The molecule has 0 bridgehead atoms. The first-order valence-electron chi connectivity index (χ1n) is 10.2. The Morgan fingerprint density at radius 3 is 2.15 bits per heavy atom. The van der Waals surface area contributed by atoms with Gasteiger partial charge >= 0.3 is 0 Å². The van der Waals surface area contributed by atoms with Gasteiger partial charge in [-0.15, -0.1) is 0 Å². The van der Waals surface area contributed by atoms with Crippen LogP contribution in [-0.2, 0) is 26.2 Å². The van der Waals surface area contributed by atoms with E-state index < -0.39 is 28.5 Å². The molecule has 1 atom stereocenters. The van der Waals surface area contributed by atoms with E-state index in [-0.39, 0.29) is 18.1 Å². The Balaban J connectivity index is 2.44. The molecule has 180 valence electrons. The van der Waals surface area contributed by atoms with E-state index in [0.29, 0.717) is 33.6 Å². The van der Waals surface area contributed by atoms with Crippen molar-refractivity contribution in [2.24, 2.45) is 0 Å². The van der Waals surface area contributed by atoms with E-state index in [4.69, 9.17) is 34.8 Å². The van der Waals surface area contributed by atoms with Crippen LogP contribution in [-0.4, -0.2) is 50.5 Å². The van der Waals surface area contributed by atoms with Gasteiger partial charge in [0.2, 0.25) is 21.8 Å². The first kappa shape index (κ1) is 27.2. The highest BCUT2D eigenvalue weighted by Gasteiger charge is 2.31. The minimum absolute atomic E-state index is 0.0452. The van der Waals surface area contributed by atoms with Crippen LogP contribution in [0.4, 0.5) is 5.69 Å². The summed E-state index contributed by atoms with van der Waals surface area (Å²) in [5.41, 5.74) is 0.939. The highest BCUT2D eigenvalue weighted by molar-refractivity contribution is 7.92. The smallest absolute Gasteiger partial charge is 0.244 e. The molecule has 0 aliphatic carbocycles. The Bertz CT molecular complexity index is 1090. The molecular formula is C22H26Cl3N3O4S. The highest BCUT2D eigenvalue weighted by Crippen LogP contribution is 2.25. The van der Waals surface area contributed by atoms with Crippen molar-refractivity contribution in [3.05, 3.63) is 63.1 Å². The zero-order chi connectivity index (χ0) is 24.8. The minimum Gasteiger partial charge on any atom is -0.355 e. The molecule has 2 aromatic carbocycles. The largest absolute Gasteiger partial charge is 0.355 e. The number of halogens is 3. The monoisotopic (exact) mass is 533 g/mol. The third-order valence-electron chi connectivity index (χ3n) is 4.87. The summed E-state index contributed by atoms with van der Waals surface area (Å²) in [5.74, 6) is -0.870. The molecule has 0 saturated carbocycles. The average Bonchev–Trinajstić information content (AvgIpc) is 2.74. The SMILES string of the molecule is CCNC(=O)[C@H](CC)N(Cc1ccc(Cl)c(Cl)c1)C(=O)CN(c1ccc(Cl)cc1)S(C)(=O)=O. The lowest BCUT2D eigenvalue weighted by Crippen LogP contribution is -2.52. The summed E-state index contributed by atoms with van der Waals surface area (Å²) in [6.45, 7) is 3.51. The topological polar surface area (TPSA) is 86.8 Å².